The summed E-state index contributed by atoms with van der Waals surface area (Å²) in [6.45, 7) is 8.33. The lowest BCUT2D eigenvalue weighted by atomic mass is 10.2. The SMILES string of the molecule is CCNCc1cnc(N(C)CC(C)O)c(C)c1. The molecule has 17 heavy (non-hydrogen) atoms. The summed E-state index contributed by atoms with van der Waals surface area (Å²) in [4.78, 5) is 6.44. The van der Waals surface area contributed by atoms with Crippen LogP contribution in [0.2, 0.25) is 0 Å². The Balaban J connectivity index is 2.74. The highest BCUT2D eigenvalue weighted by Gasteiger charge is 2.09. The molecule has 0 fully saturated rings. The van der Waals surface area contributed by atoms with Crippen LogP contribution >= 0.6 is 0 Å². The molecule has 1 rings (SSSR count). The third-order valence-electron chi connectivity index (χ3n) is 2.59. The lowest BCUT2D eigenvalue weighted by molar-refractivity contribution is 0.201. The molecule has 96 valence electrons. The van der Waals surface area contributed by atoms with Gasteiger partial charge in [-0.3, -0.25) is 0 Å². The molecule has 0 aliphatic rings. The number of anilines is 1. The molecule has 1 aromatic heterocycles. The molecule has 0 spiro atoms. The van der Waals surface area contributed by atoms with Crippen molar-refractivity contribution in [1.29, 1.82) is 0 Å². The van der Waals surface area contributed by atoms with E-state index in [1.165, 1.54) is 5.56 Å². The van der Waals surface area contributed by atoms with Gasteiger partial charge in [-0.15, -0.1) is 0 Å². The van der Waals surface area contributed by atoms with Crippen LogP contribution in [-0.2, 0) is 6.54 Å². The smallest absolute Gasteiger partial charge is 0.131 e. The van der Waals surface area contributed by atoms with E-state index >= 15 is 0 Å². The van der Waals surface area contributed by atoms with E-state index < -0.39 is 0 Å². The topological polar surface area (TPSA) is 48.4 Å². The Morgan fingerprint density at radius 3 is 2.76 bits per heavy atom. The second-order valence-corrected chi connectivity index (χ2v) is 4.49. The molecule has 2 N–H and O–H groups in total. The molecule has 1 unspecified atom stereocenters. The van der Waals surface area contributed by atoms with Crippen molar-refractivity contribution in [3.8, 4) is 0 Å². The monoisotopic (exact) mass is 237 g/mol. The zero-order chi connectivity index (χ0) is 12.8. The summed E-state index contributed by atoms with van der Waals surface area (Å²) in [5.74, 6) is 0.936. The summed E-state index contributed by atoms with van der Waals surface area (Å²) in [5.41, 5.74) is 2.34. The molecule has 0 radical (unpaired) electrons. The van der Waals surface area contributed by atoms with Crippen LogP contribution in [0.15, 0.2) is 12.3 Å². The van der Waals surface area contributed by atoms with E-state index in [4.69, 9.17) is 0 Å². The Morgan fingerprint density at radius 2 is 2.24 bits per heavy atom. The van der Waals surface area contributed by atoms with Gasteiger partial charge in [-0.25, -0.2) is 4.98 Å². The third kappa shape index (κ3) is 4.32. The van der Waals surface area contributed by atoms with E-state index in [-0.39, 0.29) is 6.10 Å². The summed E-state index contributed by atoms with van der Waals surface area (Å²) in [6.07, 6.45) is 1.55. The fourth-order valence-electron chi connectivity index (χ4n) is 1.87. The largest absolute Gasteiger partial charge is 0.392 e. The number of aliphatic hydroxyl groups is 1. The number of aromatic nitrogens is 1. The maximum Gasteiger partial charge on any atom is 0.131 e. The molecular weight excluding hydrogens is 214 g/mol. The van der Waals surface area contributed by atoms with Crippen molar-refractivity contribution in [3.05, 3.63) is 23.4 Å². The molecule has 0 saturated carbocycles. The number of aliphatic hydroxyl groups excluding tert-OH is 1. The lowest BCUT2D eigenvalue weighted by Gasteiger charge is -2.22. The van der Waals surface area contributed by atoms with Crippen LogP contribution in [0.1, 0.15) is 25.0 Å². The van der Waals surface area contributed by atoms with Gasteiger partial charge in [0, 0.05) is 26.3 Å². The normalized spacial score (nSPS) is 12.5. The molecule has 4 nitrogen and oxygen atoms in total. The van der Waals surface area contributed by atoms with E-state index in [1.807, 2.05) is 18.1 Å². The van der Waals surface area contributed by atoms with Crippen LogP contribution in [0.3, 0.4) is 0 Å². The van der Waals surface area contributed by atoms with Crippen molar-refractivity contribution in [2.75, 3.05) is 25.0 Å². The fourth-order valence-corrected chi connectivity index (χ4v) is 1.87. The molecule has 4 heteroatoms. The van der Waals surface area contributed by atoms with Crippen molar-refractivity contribution >= 4 is 5.82 Å². The van der Waals surface area contributed by atoms with Crippen molar-refractivity contribution < 1.29 is 5.11 Å². The van der Waals surface area contributed by atoms with Gasteiger partial charge in [-0.05, 0) is 37.6 Å². The molecule has 0 aliphatic heterocycles. The second-order valence-electron chi connectivity index (χ2n) is 4.49. The van der Waals surface area contributed by atoms with Gasteiger partial charge in [0.15, 0.2) is 0 Å². The van der Waals surface area contributed by atoms with Gasteiger partial charge in [0.1, 0.15) is 5.82 Å². The standard InChI is InChI=1S/C13H23N3O/c1-5-14-7-12-6-10(2)13(15-8-12)16(4)9-11(3)17/h6,8,11,14,17H,5,7,9H2,1-4H3. The Bertz CT molecular complexity index is 353. The maximum absolute atomic E-state index is 9.37. The van der Waals surface area contributed by atoms with Crippen molar-refractivity contribution in [2.45, 2.75) is 33.4 Å². The molecule has 0 amide bonds. The van der Waals surface area contributed by atoms with Gasteiger partial charge in [0.2, 0.25) is 0 Å². The minimum atomic E-state index is -0.345. The van der Waals surface area contributed by atoms with Crippen molar-refractivity contribution in [1.82, 2.24) is 10.3 Å². The zero-order valence-corrected chi connectivity index (χ0v) is 11.2. The van der Waals surface area contributed by atoms with Gasteiger partial charge in [0.25, 0.3) is 0 Å². The van der Waals surface area contributed by atoms with Crippen LogP contribution in [0, 0.1) is 6.92 Å². The number of likely N-dealkylation sites (N-methyl/N-ethyl adjacent to an activating group) is 1. The zero-order valence-electron chi connectivity index (χ0n) is 11.2. The third-order valence-corrected chi connectivity index (χ3v) is 2.59. The first-order chi connectivity index (χ1) is 8.04. The van der Waals surface area contributed by atoms with Crippen LogP contribution < -0.4 is 10.2 Å². The molecule has 0 aromatic carbocycles. The fraction of sp³-hybridized carbons (Fsp3) is 0.615. The molecule has 0 aliphatic carbocycles. The second kappa shape index (κ2) is 6.57. The Hall–Kier alpha value is -1.13. The van der Waals surface area contributed by atoms with Gasteiger partial charge < -0.3 is 15.3 Å². The number of pyridine rings is 1. The number of rotatable bonds is 6. The highest BCUT2D eigenvalue weighted by molar-refractivity contribution is 5.46. The molecular formula is C13H23N3O. The summed E-state index contributed by atoms with van der Waals surface area (Å²) in [5, 5.41) is 12.6. The van der Waals surface area contributed by atoms with Gasteiger partial charge in [-0.1, -0.05) is 6.92 Å². The predicted molar refractivity (Wildman–Crippen MR) is 71.3 cm³/mol. The number of hydrogen-bond donors (Lipinski definition) is 2. The molecule has 0 bridgehead atoms. The lowest BCUT2D eigenvalue weighted by Crippen LogP contribution is -2.28. The van der Waals surface area contributed by atoms with Crippen LogP contribution in [0.25, 0.3) is 0 Å². The first kappa shape index (κ1) is 13.9. The Labute approximate surface area is 104 Å². The predicted octanol–water partition coefficient (Wildman–Crippen LogP) is 1.32. The summed E-state index contributed by atoms with van der Waals surface area (Å²) < 4.78 is 0. The van der Waals surface area contributed by atoms with Crippen LogP contribution in [0.4, 0.5) is 5.82 Å². The summed E-state index contributed by atoms with van der Waals surface area (Å²) >= 11 is 0. The van der Waals surface area contributed by atoms with Crippen molar-refractivity contribution in [3.63, 3.8) is 0 Å². The first-order valence-electron chi connectivity index (χ1n) is 6.10. The van der Waals surface area contributed by atoms with Gasteiger partial charge >= 0.3 is 0 Å². The quantitative estimate of drug-likeness (QED) is 0.783. The minimum absolute atomic E-state index is 0.345. The van der Waals surface area contributed by atoms with E-state index in [1.54, 1.807) is 6.92 Å². The average Bonchev–Trinajstić information content (AvgIpc) is 2.25. The van der Waals surface area contributed by atoms with Crippen LogP contribution in [-0.4, -0.2) is 36.3 Å². The van der Waals surface area contributed by atoms with Crippen LogP contribution in [0.5, 0.6) is 0 Å². The molecule has 0 saturated heterocycles. The maximum atomic E-state index is 9.37. The van der Waals surface area contributed by atoms with E-state index in [0.717, 1.165) is 24.5 Å². The Kier molecular flexibility index (Phi) is 5.38. The Morgan fingerprint density at radius 1 is 1.53 bits per heavy atom. The van der Waals surface area contributed by atoms with E-state index in [2.05, 4.69) is 30.2 Å². The van der Waals surface area contributed by atoms with E-state index in [0.29, 0.717) is 6.54 Å². The number of nitrogens with one attached hydrogen (secondary N) is 1. The highest BCUT2D eigenvalue weighted by atomic mass is 16.3. The molecule has 1 aromatic rings. The van der Waals surface area contributed by atoms with E-state index in [9.17, 15) is 5.11 Å². The van der Waals surface area contributed by atoms with Crippen molar-refractivity contribution in [2.24, 2.45) is 0 Å². The summed E-state index contributed by atoms with van der Waals surface area (Å²) in [7, 11) is 1.95. The number of hydrogen-bond acceptors (Lipinski definition) is 4. The number of aryl methyl sites for hydroxylation is 1. The molecule has 1 heterocycles. The average molecular weight is 237 g/mol. The number of nitrogens with zero attached hydrogens (tertiary/aromatic N) is 2. The molecule has 1 atom stereocenters. The van der Waals surface area contributed by atoms with Gasteiger partial charge in [-0.2, -0.15) is 0 Å². The first-order valence-corrected chi connectivity index (χ1v) is 6.10. The highest BCUT2D eigenvalue weighted by Crippen LogP contribution is 2.16. The minimum Gasteiger partial charge on any atom is -0.392 e. The summed E-state index contributed by atoms with van der Waals surface area (Å²) in [6, 6.07) is 2.14. The van der Waals surface area contributed by atoms with Gasteiger partial charge in [0.05, 0.1) is 6.10 Å².